The quantitative estimate of drug-likeness (QED) is 0.334. The SMILES string of the molecule is Cc1nsc(N2CCN(CC(N)=NO)CC2)n1. The van der Waals surface area contributed by atoms with Gasteiger partial charge in [-0.2, -0.15) is 4.37 Å². The highest BCUT2D eigenvalue weighted by atomic mass is 32.1. The maximum atomic E-state index is 8.51. The molecule has 0 amide bonds. The number of nitrogens with two attached hydrogens (primary N) is 1. The molecule has 0 atom stereocenters. The summed E-state index contributed by atoms with van der Waals surface area (Å²) >= 11 is 1.43. The van der Waals surface area contributed by atoms with Crippen molar-refractivity contribution in [3.63, 3.8) is 0 Å². The van der Waals surface area contributed by atoms with Crippen LogP contribution in [0.25, 0.3) is 0 Å². The molecule has 17 heavy (non-hydrogen) atoms. The lowest BCUT2D eigenvalue weighted by atomic mass is 10.3. The van der Waals surface area contributed by atoms with Gasteiger partial charge in [0, 0.05) is 37.7 Å². The van der Waals surface area contributed by atoms with Crippen LogP contribution in [0.2, 0.25) is 0 Å². The Morgan fingerprint density at radius 3 is 2.71 bits per heavy atom. The molecule has 2 heterocycles. The molecule has 0 unspecified atom stereocenters. The fourth-order valence-electron chi connectivity index (χ4n) is 1.77. The van der Waals surface area contributed by atoms with Gasteiger partial charge in [-0.05, 0) is 6.92 Å². The van der Waals surface area contributed by atoms with E-state index in [4.69, 9.17) is 10.9 Å². The molecular formula is C9H16N6OS. The van der Waals surface area contributed by atoms with Crippen molar-refractivity contribution in [3.05, 3.63) is 5.82 Å². The van der Waals surface area contributed by atoms with Gasteiger partial charge in [0.2, 0.25) is 5.13 Å². The summed E-state index contributed by atoms with van der Waals surface area (Å²) in [5, 5.41) is 12.5. The van der Waals surface area contributed by atoms with E-state index in [2.05, 4.69) is 24.3 Å². The van der Waals surface area contributed by atoms with Crippen LogP contribution in [0.5, 0.6) is 0 Å². The van der Waals surface area contributed by atoms with Gasteiger partial charge in [-0.25, -0.2) is 4.98 Å². The fraction of sp³-hybridized carbons (Fsp3) is 0.667. The molecule has 0 aromatic carbocycles. The first-order chi connectivity index (χ1) is 8.19. The van der Waals surface area contributed by atoms with Crippen LogP contribution < -0.4 is 10.6 Å². The Morgan fingerprint density at radius 1 is 1.47 bits per heavy atom. The molecule has 7 nitrogen and oxygen atoms in total. The number of piperazine rings is 1. The summed E-state index contributed by atoms with van der Waals surface area (Å²) in [7, 11) is 0. The third-order valence-electron chi connectivity index (χ3n) is 2.67. The Hall–Kier alpha value is -1.41. The van der Waals surface area contributed by atoms with E-state index in [-0.39, 0.29) is 5.84 Å². The Balaban J connectivity index is 1.86. The summed E-state index contributed by atoms with van der Waals surface area (Å²) < 4.78 is 4.18. The van der Waals surface area contributed by atoms with Crippen molar-refractivity contribution in [2.75, 3.05) is 37.6 Å². The molecule has 0 aliphatic carbocycles. The van der Waals surface area contributed by atoms with Crippen molar-refractivity contribution in [1.82, 2.24) is 14.3 Å². The average Bonchev–Trinajstić information content (AvgIpc) is 2.77. The number of rotatable bonds is 3. The van der Waals surface area contributed by atoms with E-state index in [1.165, 1.54) is 11.5 Å². The van der Waals surface area contributed by atoms with Crippen LogP contribution in [0.1, 0.15) is 5.82 Å². The number of anilines is 1. The second-order valence-corrected chi connectivity index (χ2v) is 4.71. The Kier molecular flexibility index (Phi) is 3.75. The Labute approximate surface area is 104 Å². The van der Waals surface area contributed by atoms with Crippen LogP contribution >= 0.6 is 11.5 Å². The van der Waals surface area contributed by atoms with Gasteiger partial charge in [0.05, 0.1) is 6.54 Å². The number of nitrogens with zero attached hydrogens (tertiary/aromatic N) is 5. The first kappa shape index (κ1) is 12.1. The van der Waals surface area contributed by atoms with E-state index in [9.17, 15) is 0 Å². The Bertz CT molecular complexity index is 398. The van der Waals surface area contributed by atoms with Crippen LogP contribution in [-0.4, -0.2) is 58.0 Å². The highest BCUT2D eigenvalue weighted by Gasteiger charge is 2.19. The molecular weight excluding hydrogens is 240 g/mol. The lowest BCUT2D eigenvalue weighted by molar-refractivity contribution is 0.278. The molecule has 2 rings (SSSR count). The van der Waals surface area contributed by atoms with E-state index in [0.29, 0.717) is 6.54 Å². The van der Waals surface area contributed by atoms with Crippen LogP contribution in [0.15, 0.2) is 5.16 Å². The van der Waals surface area contributed by atoms with Crippen molar-refractivity contribution >= 4 is 22.5 Å². The molecule has 1 aliphatic rings. The summed E-state index contributed by atoms with van der Waals surface area (Å²) in [5.41, 5.74) is 5.48. The maximum Gasteiger partial charge on any atom is 0.205 e. The molecule has 8 heteroatoms. The van der Waals surface area contributed by atoms with Crippen LogP contribution in [0.3, 0.4) is 0 Å². The lowest BCUT2D eigenvalue weighted by Crippen LogP contribution is -2.48. The molecule has 94 valence electrons. The zero-order valence-corrected chi connectivity index (χ0v) is 10.5. The van der Waals surface area contributed by atoms with Crippen molar-refractivity contribution in [3.8, 4) is 0 Å². The minimum Gasteiger partial charge on any atom is -0.409 e. The van der Waals surface area contributed by atoms with Crippen molar-refractivity contribution in [2.45, 2.75) is 6.92 Å². The van der Waals surface area contributed by atoms with Crippen molar-refractivity contribution in [2.24, 2.45) is 10.9 Å². The van der Waals surface area contributed by atoms with Gasteiger partial charge >= 0.3 is 0 Å². The van der Waals surface area contributed by atoms with Gasteiger partial charge in [0.1, 0.15) is 5.82 Å². The summed E-state index contributed by atoms with van der Waals surface area (Å²) in [5.74, 6) is 1.08. The van der Waals surface area contributed by atoms with Crippen molar-refractivity contribution < 1.29 is 5.21 Å². The standard InChI is InChI=1S/C9H16N6OS/c1-7-11-9(17-13-7)15-4-2-14(3-5-15)6-8(10)12-16/h16H,2-6H2,1H3,(H2,10,12). The van der Waals surface area contributed by atoms with Gasteiger partial charge in [-0.1, -0.05) is 5.16 Å². The molecule has 0 spiro atoms. The Morgan fingerprint density at radius 2 is 2.18 bits per heavy atom. The molecule has 1 aromatic heterocycles. The normalized spacial score (nSPS) is 18.6. The zero-order valence-electron chi connectivity index (χ0n) is 9.70. The summed E-state index contributed by atoms with van der Waals surface area (Å²) in [6.45, 7) is 5.97. The third-order valence-corrected chi connectivity index (χ3v) is 3.54. The van der Waals surface area contributed by atoms with E-state index < -0.39 is 0 Å². The number of hydrogen-bond acceptors (Lipinski definition) is 7. The average molecular weight is 256 g/mol. The van der Waals surface area contributed by atoms with Gasteiger partial charge < -0.3 is 15.8 Å². The first-order valence-corrected chi connectivity index (χ1v) is 6.20. The summed E-state index contributed by atoms with van der Waals surface area (Å²) in [6, 6.07) is 0. The number of oxime groups is 1. The van der Waals surface area contributed by atoms with E-state index in [0.717, 1.165) is 37.1 Å². The maximum absolute atomic E-state index is 8.51. The highest BCUT2D eigenvalue weighted by molar-refractivity contribution is 7.09. The minimum absolute atomic E-state index is 0.255. The van der Waals surface area contributed by atoms with Gasteiger partial charge in [-0.15, -0.1) is 0 Å². The molecule has 1 aromatic rings. The summed E-state index contributed by atoms with van der Waals surface area (Å²) in [4.78, 5) is 8.73. The molecule has 3 N–H and O–H groups in total. The molecule has 1 aliphatic heterocycles. The van der Waals surface area contributed by atoms with Crippen LogP contribution in [0, 0.1) is 6.92 Å². The number of aryl methyl sites for hydroxylation is 1. The van der Waals surface area contributed by atoms with E-state index in [1.54, 1.807) is 0 Å². The van der Waals surface area contributed by atoms with Gasteiger partial charge in [-0.3, -0.25) is 4.90 Å². The predicted octanol–water partition coefficient (Wildman–Crippen LogP) is -0.285. The molecule has 0 radical (unpaired) electrons. The lowest BCUT2D eigenvalue weighted by Gasteiger charge is -2.33. The van der Waals surface area contributed by atoms with E-state index in [1.807, 2.05) is 6.92 Å². The van der Waals surface area contributed by atoms with Gasteiger partial charge in [0.15, 0.2) is 5.84 Å². The summed E-state index contributed by atoms with van der Waals surface area (Å²) in [6.07, 6.45) is 0. The van der Waals surface area contributed by atoms with E-state index >= 15 is 0 Å². The largest absolute Gasteiger partial charge is 0.409 e. The first-order valence-electron chi connectivity index (χ1n) is 5.43. The monoisotopic (exact) mass is 256 g/mol. The topological polar surface area (TPSA) is 90.9 Å². The zero-order chi connectivity index (χ0) is 12.3. The van der Waals surface area contributed by atoms with Gasteiger partial charge in [0.25, 0.3) is 0 Å². The predicted molar refractivity (Wildman–Crippen MR) is 66.7 cm³/mol. The second kappa shape index (κ2) is 5.28. The van der Waals surface area contributed by atoms with Crippen LogP contribution in [0.4, 0.5) is 5.13 Å². The fourth-order valence-corrected chi connectivity index (χ4v) is 2.50. The molecule has 1 saturated heterocycles. The second-order valence-electron chi connectivity index (χ2n) is 3.98. The third kappa shape index (κ3) is 3.04. The van der Waals surface area contributed by atoms with Crippen LogP contribution in [-0.2, 0) is 0 Å². The van der Waals surface area contributed by atoms with Crippen molar-refractivity contribution in [1.29, 1.82) is 0 Å². The highest BCUT2D eigenvalue weighted by Crippen LogP contribution is 2.18. The minimum atomic E-state index is 0.255. The smallest absolute Gasteiger partial charge is 0.205 e. The number of amidine groups is 1. The molecule has 0 saturated carbocycles. The molecule has 0 bridgehead atoms. The number of hydrogen-bond donors (Lipinski definition) is 2. The molecule has 1 fully saturated rings. The number of aromatic nitrogens is 2.